The fourth-order valence-corrected chi connectivity index (χ4v) is 4.15. The van der Waals surface area contributed by atoms with Crippen LogP contribution in [0.4, 0.5) is 0 Å². The second kappa shape index (κ2) is 4.60. The van der Waals surface area contributed by atoms with Crippen molar-refractivity contribution >= 4 is 14.1 Å². The zero-order valence-electron chi connectivity index (χ0n) is 12.4. The lowest BCUT2D eigenvalue weighted by atomic mass is 9.84. The largest absolute Gasteiger partial charge is 0.413 e. The molecule has 0 spiro atoms. The van der Waals surface area contributed by atoms with Gasteiger partial charge in [0.2, 0.25) is 0 Å². The Morgan fingerprint density at radius 2 is 2.00 bits per heavy atom. The quantitative estimate of drug-likeness (QED) is 0.704. The standard InChI is InChI=1S/C15H26O2Si/c1-15(2,3)18(4,5)17-14-8-6-7-11-9-12(16)10-13(11)14/h9,13-14H,6-8,10H2,1-5H3/t13-,14-/m0/s1. The van der Waals surface area contributed by atoms with Gasteiger partial charge in [0, 0.05) is 12.3 Å². The molecule has 0 saturated heterocycles. The molecule has 1 fully saturated rings. The van der Waals surface area contributed by atoms with E-state index in [9.17, 15) is 4.79 Å². The van der Waals surface area contributed by atoms with E-state index < -0.39 is 8.32 Å². The molecule has 0 aromatic carbocycles. The first-order chi connectivity index (χ1) is 8.21. The minimum atomic E-state index is -1.71. The third-order valence-corrected chi connectivity index (χ3v) is 9.40. The Morgan fingerprint density at radius 1 is 1.33 bits per heavy atom. The summed E-state index contributed by atoms with van der Waals surface area (Å²) in [5, 5.41) is 0.247. The zero-order chi connectivity index (χ0) is 13.6. The predicted octanol–water partition coefficient (Wildman–Crippen LogP) is 4.08. The van der Waals surface area contributed by atoms with Crippen LogP contribution in [0.3, 0.4) is 0 Å². The molecule has 0 aromatic rings. The zero-order valence-corrected chi connectivity index (χ0v) is 13.4. The Labute approximate surface area is 112 Å². The van der Waals surface area contributed by atoms with Crippen LogP contribution in [0.2, 0.25) is 18.1 Å². The van der Waals surface area contributed by atoms with Crippen molar-refractivity contribution in [3.8, 4) is 0 Å². The number of rotatable bonds is 2. The van der Waals surface area contributed by atoms with Crippen molar-refractivity contribution in [3.63, 3.8) is 0 Å². The molecule has 2 aliphatic carbocycles. The van der Waals surface area contributed by atoms with E-state index in [0.717, 1.165) is 12.8 Å². The van der Waals surface area contributed by atoms with E-state index in [1.807, 2.05) is 6.08 Å². The minimum Gasteiger partial charge on any atom is -0.413 e. The fraction of sp³-hybridized carbons (Fsp3) is 0.800. The summed E-state index contributed by atoms with van der Waals surface area (Å²) in [6.07, 6.45) is 6.27. The molecule has 102 valence electrons. The maximum absolute atomic E-state index is 11.6. The molecule has 1 saturated carbocycles. The molecule has 0 heterocycles. The van der Waals surface area contributed by atoms with E-state index in [2.05, 4.69) is 33.9 Å². The van der Waals surface area contributed by atoms with Crippen molar-refractivity contribution in [2.24, 2.45) is 5.92 Å². The van der Waals surface area contributed by atoms with Crippen molar-refractivity contribution in [2.75, 3.05) is 0 Å². The van der Waals surface area contributed by atoms with Gasteiger partial charge < -0.3 is 4.43 Å². The Balaban J connectivity index is 2.10. The first kappa shape index (κ1) is 14.0. The maximum Gasteiger partial charge on any atom is 0.192 e. The van der Waals surface area contributed by atoms with Crippen LogP contribution in [0.25, 0.3) is 0 Å². The smallest absolute Gasteiger partial charge is 0.192 e. The summed E-state index contributed by atoms with van der Waals surface area (Å²) in [5.41, 5.74) is 1.36. The van der Waals surface area contributed by atoms with Crippen molar-refractivity contribution < 1.29 is 9.22 Å². The van der Waals surface area contributed by atoms with Crippen molar-refractivity contribution in [1.82, 2.24) is 0 Å². The number of allylic oxidation sites excluding steroid dienone is 1. The van der Waals surface area contributed by atoms with E-state index in [4.69, 9.17) is 4.43 Å². The van der Waals surface area contributed by atoms with Crippen LogP contribution in [-0.2, 0) is 9.22 Å². The topological polar surface area (TPSA) is 26.3 Å². The average Bonchev–Trinajstić information content (AvgIpc) is 2.57. The van der Waals surface area contributed by atoms with Gasteiger partial charge in [0.05, 0.1) is 6.10 Å². The third-order valence-electron chi connectivity index (χ3n) is 4.90. The number of fused-ring (bicyclic) bond motifs is 1. The van der Waals surface area contributed by atoms with Gasteiger partial charge in [-0.2, -0.15) is 0 Å². The molecule has 2 atom stereocenters. The molecule has 3 heteroatoms. The van der Waals surface area contributed by atoms with Crippen molar-refractivity contribution in [2.45, 2.75) is 70.7 Å². The van der Waals surface area contributed by atoms with Crippen molar-refractivity contribution in [3.05, 3.63) is 11.6 Å². The van der Waals surface area contributed by atoms with Gasteiger partial charge in [0.15, 0.2) is 14.1 Å². The Bertz CT molecular complexity index is 376. The summed E-state index contributed by atoms with van der Waals surface area (Å²) in [6, 6.07) is 0. The summed E-state index contributed by atoms with van der Waals surface area (Å²) >= 11 is 0. The SMILES string of the molecule is CC(C)(C)[Si](C)(C)O[C@H]1CCCC2=CC(=O)C[C@@H]21. The molecule has 0 unspecified atom stereocenters. The van der Waals surface area contributed by atoms with Gasteiger partial charge in [-0.15, -0.1) is 0 Å². The number of carbonyl (C=O) groups is 1. The maximum atomic E-state index is 11.6. The van der Waals surface area contributed by atoms with Gasteiger partial charge in [-0.3, -0.25) is 4.79 Å². The second-order valence-corrected chi connectivity index (χ2v) is 12.1. The summed E-state index contributed by atoms with van der Waals surface area (Å²) < 4.78 is 6.55. The highest BCUT2D eigenvalue weighted by Gasteiger charge is 2.43. The molecule has 0 radical (unpaired) electrons. The van der Waals surface area contributed by atoms with Crippen LogP contribution in [0.15, 0.2) is 11.6 Å². The predicted molar refractivity (Wildman–Crippen MR) is 77.1 cm³/mol. The van der Waals surface area contributed by atoms with E-state index >= 15 is 0 Å². The molecule has 0 aromatic heterocycles. The first-order valence-corrected chi connectivity index (χ1v) is 10.0. The molecular formula is C15H26O2Si. The summed E-state index contributed by atoms with van der Waals surface area (Å²) in [5.74, 6) is 0.695. The highest BCUT2D eigenvalue weighted by molar-refractivity contribution is 6.74. The van der Waals surface area contributed by atoms with Crippen LogP contribution in [0.5, 0.6) is 0 Å². The van der Waals surface area contributed by atoms with Gasteiger partial charge in [0.25, 0.3) is 0 Å². The molecule has 0 N–H and O–H groups in total. The Hall–Kier alpha value is -0.413. The van der Waals surface area contributed by atoms with E-state index in [0.29, 0.717) is 18.1 Å². The summed E-state index contributed by atoms with van der Waals surface area (Å²) in [6.45, 7) is 11.4. The van der Waals surface area contributed by atoms with Crippen LogP contribution < -0.4 is 0 Å². The van der Waals surface area contributed by atoms with Gasteiger partial charge in [0.1, 0.15) is 0 Å². The molecule has 2 rings (SSSR count). The Morgan fingerprint density at radius 3 is 2.61 bits per heavy atom. The molecule has 18 heavy (non-hydrogen) atoms. The number of hydrogen-bond acceptors (Lipinski definition) is 2. The van der Waals surface area contributed by atoms with Crippen LogP contribution >= 0.6 is 0 Å². The molecule has 0 bridgehead atoms. The van der Waals surface area contributed by atoms with Gasteiger partial charge in [-0.05, 0) is 43.5 Å². The lowest BCUT2D eigenvalue weighted by Gasteiger charge is -2.42. The lowest BCUT2D eigenvalue weighted by molar-refractivity contribution is -0.115. The van der Waals surface area contributed by atoms with Crippen LogP contribution in [-0.4, -0.2) is 20.2 Å². The van der Waals surface area contributed by atoms with Gasteiger partial charge in [-0.1, -0.05) is 26.3 Å². The van der Waals surface area contributed by atoms with Crippen LogP contribution in [0.1, 0.15) is 46.5 Å². The van der Waals surface area contributed by atoms with E-state index in [-0.39, 0.29) is 11.1 Å². The number of hydrogen-bond donors (Lipinski definition) is 0. The fourth-order valence-electron chi connectivity index (χ4n) is 2.75. The normalized spacial score (nSPS) is 29.2. The highest BCUT2D eigenvalue weighted by atomic mass is 28.4. The van der Waals surface area contributed by atoms with Gasteiger partial charge in [-0.25, -0.2) is 0 Å². The molecule has 2 nitrogen and oxygen atoms in total. The molecule has 0 aliphatic heterocycles. The monoisotopic (exact) mass is 266 g/mol. The lowest BCUT2D eigenvalue weighted by Crippen LogP contribution is -2.46. The first-order valence-electron chi connectivity index (χ1n) is 7.12. The average molecular weight is 266 g/mol. The number of ketones is 1. The minimum absolute atomic E-state index is 0.247. The summed E-state index contributed by atoms with van der Waals surface area (Å²) in [4.78, 5) is 11.6. The van der Waals surface area contributed by atoms with E-state index in [1.54, 1.807) is 0 Å². The van der Waals surface area contributed by atoms with E-state index in [1.165, 1.54) is 12.0 Å². The summed E-state index contributed by atoms with van der Waals surface area (Å²) in [7, 11) is -1.71. The van der Waals surface area contributed by atoms with Crippen LogP contribution in [0, 0.1) is 5.92 Å². The molecule has 0 amide bonds. The molecule has 2 aliphatic rings. The second-order valence-electron chi connectivity index (χ2n) is 7.31. The third kappa shape index (κ3) is 2.62. The number of carbonyl (C=O) groups excluding carboxylic acids is 1. The van der Waals surface area contributed by atoms with Crippen molar-refractivity contribution in [1.29, 1.82) is 0 Å². The highest BCUT2D eigenvalue weighted by Crippen LogP contribution is 2.43. The van der Waals surface area contributed by atoms with Gasteiger partial charge >= 0.3 is 0 Å². The molecular weight excluding hydrogens is 240 g/mol. The Kier molecular flexibility index (Phi) is 3.58.